The number of hydrogen-bond acceptors (Lipinski definition) is 9. The summed E-state index contributed by atoms with van der Waals surface area (Å²) in [6.07, 6.45) is 2.84. The Balaban J connectivity index is 2.13. The van der Waals surface area contributed by atoms with Crippen LogP contribution in [0.25, 0.3) is 28.1 Å². The number of primary sulfonamides is 1. The lowest BCUT2D eigenvalue weighted by Gasteiger charge is -2.14. The number of sulfonamides is 1. The van der Waals surface area contributed by atoms with Crippen LogP contribution in [0.1, 0.15) is 0 Å². The third-order valence-corrected chi connectivity index (χ3v) is 5.89. The van der Waals surface area contributed by atoms with Crippen LogP contribution in [0, 0.1) is 0 Å². The molecule has 2 N–H and O–H groups in total. The molecule has 0 saturated heterocycles. The van der Waals surface area contributed by atoms with E-state index in [2.05, 4.69) is 20.3 Å². The number of fused-ring (bicyclic) bond motifs is 1. The maximum Gasteiger partial charge on any atom is 0.266 e. The van der Waals surface area contributed by atoms with Gasteiger partial charge in [-0.2, -0.15) is 9.97 Å². The fourth-order valence-electron chi connectivity index (χ4n) is 3.32. The molecule has 0 spiro atoms. The Hall–Kier alpha value is -3.49. The van der Waals surface area contributed by atoms with E-state index in [0.717, 1.165) is 0 Å². The van der Waals surface area contributed by atoms with Crippen LogP contribution in [0.2, 0.25) is 5.02 Å². The van der Waals surface area contributed by atoms with Crippen molar-refractivity contribution in [3.8, 4) is 34.7 Å². The molecule has 4 rings (SSSR count). The van der Waals surface area contributed by atoms with E-state index in [1.54, 1.807) is 13.2 Å². The lowest BCUT2D eigenvalue weighted by molar-refractivity contribution is 0.173. The first-order chi connectivity index (χ1) is 15.7. The van der Waals surface area contributed by atoms with Gasteiger partial charge in [0, 0.05) is 24.2 Å². The highest BCUT2D eigenvalue weighted by atomic mass is 35.5. The van der Waals surface area contributed by atoms with Crippen LogP contribution in [-0.2, 0) is 17.1 Å². The minimum absolute atomic E-state index is 0.0813. The molecule has 3 aromatic heterocycles. The quantitative estimate of drug-likeness (QED) is 0.403. The maximum absolute atomic E-state index is 12.9. The van der Waals surface area contributed by atoms with E-state index in [1.807, 2.05) is 0 Å². The van der Waals surface area contributed by atoms with Gasteiger partial charge >= 0.3 is 0 Å². The number of aromatic nitrogens is 6. The van der Waals surface area contributed by atoms with Crippen LogP contribution < -0.4 is 19.3 Å². The molecule has 0 atom stereocenters. The zero-order chi connectivity index (χ0) is 23.9. The van der Waals surface area contributed by atoms with Gasteiger partial charge in [-0.1, -0.05) is 16.8 Å². The van der Waals surface area contributed by atoms with Crippen molar-refractivity contribution >= 4 is 32.5 Å². The average Bonchev–Trinajstić information content (AvgIpc) is 3.37. The molecule has 174 valence electrons. The second-order valence-electron chi connectivity index (χ2n) is 6.63. The van der Waals surface area contributed by atoms with Crippen LogP contribution >= 0.6 is 11.6 Å². The highest BCUT2D eigenvalue weighted by Crippen LogP contribution is 2.40. The molecule has 0 aliphatic heterocycles. The monoisotopic (exact) mass is 497 g/mol. The summed E-state index contributed by atoms with van der Waals surface area (Å²) in [6.45, 7) is -1.18. The molecule has 0 aliphatic rings. The zero-order valence-corrected chi connectivity index (χ0v) is 19.1. The number of methoxy groups -OCH3 is 2. The van der Waals surface area contributed by atoms with Crippen molar-refractivity contribution in [1.82, 2.24) is 29.5 Å². The van der Waals surface area contributed by atoms with Gasteiger partial charge in [0.1, 0.15) is 10.6 Å². The Morgan fingerprint density at radius 1 is 1.15 bits per heavy atom. The van der Waals surface area contributed by atoms with Gasteiger partial charge < -0.3 is 14.2 Å². The van der Waals surface area contributed by atoms with Gasteiger partial charge in [-0.3, -0.25) is 9.25 Å². The van der Waals surface area contributed by atoms with Crippen molar-refractivity contribution in [1.29, 1.82) is 0 Å². The fraction of sp³-hybridized carbons (Fsp3) is 0.222. The molecule has 15 heteroatoms. The van der Waals surface area contributed by atoms with E-state index in [4.69, 9.17) is 31.0 Å². The molecular weight excluding hydrogens is 481 g/mol. The van der Waals surface area contributed by atoms with Gasteiger partial charge in [0.05, 0.1) is 31.0 Å². The molecular formula is C18H17ClFN7O5S. The van der Waals surface area contributed by atoms with Crippen molar-refractivity contribution in [3.63, 3.8) is 0 Å². The van der Waals surface area contributed by atoms with Gasteiger partial charge in [0.15, 0.2) is 0 Å². The Bertz CT molecular complexity index is 1450. The van der Waals surface area contributed by atoms with E-state index < -0.39 is 16.9 Å². The molecule has 4 aromatic rings. The summed E-state index contributed by atoms with van der Waals surface area (Å²) in [5.74, 6) is -0.531. The van der Waals surface area contributed by atoms with Crippen molar-refractivity contribution in [2.75, 3.05) is 21.1 Å². The number of hydrogen-bond donors (Lipinski definition) is 1. The summed E-state index contributed by atoms with van der Waals surface area (Å²) >= 11 is 6.49. The first-order valence-electron chi connectivity index (χ1n) is 9.11. The Morgan fingerprint density at radius 3 is 2.33 bits per heavy atom. The molecule has 0 aliphatic carbocycles. The summed E-state index contributed by atoms with van der Waals surface area (Å²) < 4.78 is 55.7. The predicted molar refractivity (Wildman–Crippen MR) is 115 cm³/mol. The summed E-state index contributed by atoms with van der Waals surface area (Å²) in [5, 5.41) is 14.0. The molecule has 12 nitrogen and oxygen atoms in total. The van der Waals surface area contributed by atoms with Gasteiger partial charge in [0.25, 0.3) is 11.8 Å². The topological polar surface area (TPSA) is 149 Å². The van der Waals surface area contributed by atoms with Crippen molar-refractivity contribution in [2.45, 2.75) is 4.90 Å². The third kappa shape index (κ3) is 3.92. The Kier molecular flexibility index (Phi) is 5.82. The van der Waals surface area contributed by atoms with Crippen molar-refractivity contribution < 1.29 is 27.0 Å². The minimum atomic E-state index is -4.17. The summed E-state index contributed by atoms with van der Waals surface area (Å²) in [7, 11) is 0.0870. The largest absolute Gasteiger partial charge is 0.478 e. The number of alkyl halides is 1. The van der Waals surface area contributed by atoms with E-state index in [9.17, 15) is 12.8 Å². The first kappa shape index (κ1) is 22.7. The molecule has 1 aromatic carbocycles. The molecule has 0 radical (unpaired) electrons. The maximum atomic E-state index is 12.9. The number of benzene rings is 1. The molecule has 0 fully saturated rings. The highest BCUT2D eigenvalue weighted by molar-refractivity contribution is 7.89. The van der Waals surface area contributed by atoms with Crippen LogP contribution in [0.5, 0.6) is 17.5 Å². The number of nitrogens with two attached hydrogens (primary N) is 1. The number of halogens is 2. The normalized spacial score (nSPS) is 11.7. The molecule has 0 saturated carbocycles. The van der Waals surface area contributed by atoms with Crippen molar-refractivity contribution in [3.05, 3.63) is 29.5 Å². The van der Waals surface area contributed by atoms with E-state index in [0.29, 0.717) is 11.3 Å². The highest BCUT2D eigenvalue weighted by Gasteiger charge is 2.26. The standard InChI is InChI=1S/C18H17ClFN7O5S/c1-26-6-11(24-25-26)13-10(19)5-4-9-12(33(21,28)29)7-27(14(9)13)18-22-16(30-2)15(32-8-20)17(23-18)31-3/h4-7H,8H2,1-3H3,(H2,21,28,29). The lowest BCUT2D eigenvalue weighted by Crippen LogP contribution is -2.11. The van der Waals surface area contributed by atoms with Crippen LogP contribution in [0.15, 0.2) is 29.4 Å². The Morgan fingerprint density at radius 2 is 1.82 bits per heavy atom. The SMILES string of the molecule is COc1nc(-n2cc(S(N)(=O)=O)c3ccc(Cl)c(-c4cn(C)nn4)c32)nc(OC)c1OCF. The molecule has 3 heterocycles. The fourth-order valence-corrected chi connectivity index (χ4v) is 4.29. The summed E-state index contributed by atoms with van der Waals surface area (Å²) in [6, 6.07) is 3.02. The van der Waals surface area contributed by atoms with Gasteiger partial charge in [-0.25, -0.2) is 17.9 Å². The zero-order valence-electron chi connectivity index (χ0n) is 17.5. The first-order valence-corrected chi connectivity index (χ1v) is 11.0. The lowest BCUT2D eigenvalue weighted by atomic mass is 10.1. The molecule has 0 bridgehead atoms. The van der Waals surface area contributed by atoms with Crippen LogP contribution in [0.3, 0.4) is 0 Å². The smallest absolute Gasteiger partial charge is 0.266 e. The predicted octanol–water partition coefficient (Wildman–Crippen LogP) is 1.84. The number of ether oxygens (including phenoxy) is 3. The second kappa shape index (κ2) is 8.46. The summed E-state index contributed by atoms with van der Waals surface area (Å²) in [5.41, 5.74) is 1.02. The van der Waals surface area contributed by atoms with Gasteiger partial charge in [-0.05, 0) is 12.1 Å². The molecule has 33 heavy (non-hydrogen) atoms. The van der Waals surface area contributed by atoms with Crippen molar-refractivity contribution in [2.24, 2.45) is 12.2 Å². The van der Waals surface area contributed by atoms with E-state index in [1.165, 1.54) is 41.8 Å². The number of aryl methyl sites for hydroxylation is 1. The number of nitrogens with zero attached hydrogens (tertiary/aromatic N) is 6. The average molecular weight is 498 g/mol. The van der Waals surface area contributed by atoms with Crippen LogP contribution in [-0.4, -0.2) is 59.0 Å². The molecule has 0 amide bonds. The minimum Gasteiger partial charge on any atom is -0.478 e. The van der Waals surface area contributed by atoms with Crippen LogP contribution in [0.4, 0.5) is 4.39 Å². The third-order valence-electron chi connectivity index (χ3n) is 4.64. The second-order valence-corrected chi connectivity index (χ2v) is 8.57. The van der Waals surface area contributed by atoms with E-state index >= 15 is 0 Å². The summed E-state index contributed by atoms with van der Waals surface area (Å²) in [4.78, 5) is 8.28. The van der Waals surface area contributed by atoms with Gasteiger partial charge in [0.2, 0.25) is 28.6 Å². The molecule has 0 unspecified atom stereocenters. The number of rotatable bonds is 7. The van der Waals surface area contributed by atoms with E-state index in [-0.39, 0.29) is 44.3 Å². The Labute approximate surface area is 191 Å². The van der Waals surface area contributed by atoms with Gasteiger partial charge in [-0.15, -0.1) is 5.10 Å².